The Bertz CT molecular complexity index is 1860. The maximum absolute atomic E-state index is 11.7. The summed E-state index contributed by atoms with van der Waals surface area (Å²) in [5.74, 6) is 1.77. The molecule has 2 amide bonds. The molecule has 0 aliphatic carbocycles. The van der Waals surface area contributed by atoms with Crippen LogP contribution in [0.2, 0.25) is 10.0 Å². The van der Waals surface area contributed by atoms with E-state index in [1.54, 1.807) is 27.3 Å². The van der Waals surface area contributed by atoms with E-state index in [1.165, 1.54) is 0 Å². The first kappa shape index (κ1) is 35.6. The van der Waals surface area contributed by atoms with Crippen LogP contribution in [0, 0.1) is 5.92 Å². The number of piperidine rings is 1. The third kappa shape index (κ3) is 8.05. The first-order valence-electron chi connectivity index (χ1n) is 16.9. The van der Waals surface area contributed by atoms with E-state index in [9.17, 15) is 9.59 Å². The molecule has 2 fully saturated rings. The molecular formula is C38H42Cl2N6O4. The minimum Gasteiger partial charge on any atom is -0.496 e. The number of hydrogen-bond acceptors (Lipinski definition) is 8. The Kier molecular flexibility index (Phi) is 11.5. The van der Waals surface area contributed by atoms with Crippen LogP contribution in [-0.2, 0) is 22.7 Å². The van der Waals surface area contributed by atoms with Gasteiger partial charge >= 0.3 is 0 Å². The fraction of sp³-hybridized carbons (Fsp3) is 0.368. The lowest BCUT2D eigenvalue weighted by Gasteiger charge is -2.31. The smallest absolute Gasteiger partial charge is 0.220 e. The normalized spacial score (nSPS) is 16.4. The van der Waals surface area contributed by atoms with Gasteiger partial charge in [-0.3, -0.25) is 14.6 Å². The summed E-state index contributed by atoms with van der Waals surface area (Å²) in [5, 5.41) is 10.9. The minimum atomic E-state index is 0.105. The van der Waals surface area contributed by atoms with Crippen molar-refractivity contribution in [1.82, 2.24) is 30.8 Å². The lowest BCUT2D eigenvalue weighted by Crippen LogP contribution is -2.44. The summed E-state index contributed by atoms with van der Waals surface area (Å²) in [6, 6.07) is 17.9. The third-order valence-corrected chi connectivity index (χ3v) is 10.3. The lowest BCUT2D eigenvalue weighted by atomic mass is 9.99. The summed E-state index contributed by atoms with van der Waals surface area (Å²) < 4.78 is 11.4. The van der Waals surface area contributed by atoms with Crippen molar-refractivity contribution in [3.63, 3.8) is 0 Å². The van der Waals surface area contributed by atoms with Gasteiger partial charge in [0.2, 0.25) is 17.7 Å². The maximum atomic E-state index is 11.7. The number of benzene rings is 2. The minimum absolute atomic E-state index is 0.105. The van der Waals surface area contributed by atoms with Crippen LogP contribution in [0.25, 0.3) is 33.6 Å². The molecule has 0 saturated carbocycles. The van der Waals surface area contributed by atoms with Crippen LogP contribution < -0.4 is 25.4 Å². The molecule has 262 valence electrons. The number of aromatic nitrogens is 2. The highest BCUT2D eigenvalue weighted by atomic mass is 35.5. The Morgan fingerprint density at radius 2 is 1.72 bits per heavy atom. The molecule has 12 heteroatoms. The summed E-state index contributed by atoms with van der Waals surface area (Å²) in [5.41, 5.74) is 6.31. The molecule has 0 bridgehead atoms. The summed E-state index contributed by atoms with van der Waals surface area (Å²) in [6.45, 7) is 5.81. The van der Waals surface area contributed by atoms with Gasteiger partial charge in [0.05, 0.1) is 35.7 Å². The van der Waals surface area contributed by atoms with Crippen LogP contribution >= 0.6 is 23.2 Å². The Labute approximate surface area is 302 Å². The first-order chi connectivity index (χ1) is 24.2. The summed E-state index contributed by atoms with van der Waals surface area (Å²) in [4.78, 5) is 34.6. The highest BCUT2D eigenvalue weighted by molar-refractivity contribution is 6.39. The third-order valence-electron chi connectivity index (χ3n) is 9.48. The van der Waals surface area contributed by atoms with Gasteiger partial charge in [0.15, 0.2) is 0 Å². The number of carbonyl (C=O) groups is 2. The molecule has 4 aromatic rings. The first-order valence-corrected chi connectivity index (χ1v) is 17.6. The number of methoxy groups -OCH3 is 2. The molecule has 50 heavy (non-hydrogen) atoms. The van der Waals surface area contributed by atoms with Gasteiger partial charge in [0.25, 0.3) is 0 Å². The molecule has 0 spiro atoms. The number of hydrogen-bond donors (Lipinski definition) is 3. The zero-order chi connectivity index (χ0) is 35.2. The van der Waals surface area contributed by atoms with Gasteiger partial charge in [0.1, 0.15) is 5.75 Å². The van der Waals surface area contributed by atoms with Crippen molar-refractivity contribution in [2.45, 2.75) is 45.3 Å². The number of rotatable bonds is 12. The number of nitrogens with zero attached hydrogens (tertiary/aromatic N) is 3. The number of nitrogens with one attached hydrogen (secondary N) is 3. The van der Waals surface area contributed by atoms with E-state index < -0.39 is 0 Å². The Balaban J connectivity index is 1.19. The number of amides is 2. The van der Waals surface area contributed by atoms with Crippen LogP contribution in [0.15, 0.2) is 60.8 Å². The Hall–Kier alpha value is -4.22. The van der Waals surface area contributed by atoms with Gasteiger partial charge in [0, 0.05) is 98.2 Å². The average molecular weight is 718 g/mol. The van der Waals surface area contributed by atoms with Crippen LogP contribution in [0.5, 0.6) is 11.6 Å². The van der Waals surface area contributed by atoms with Gasteiger partial charge in [-0.15, -0.1) is 0 Å². The largest absolute Gasteiger partial charge is 0.496 e. The fourth-order valence-electron chi connectivity index (χ4n) is 6.63. The maximum Gasteiger partial charge on any atom is 0.220 e. The Morgan fingerprint density at radius 3 is 2.44 bits per heavy atom. The van der Waals surface area contributed by atoms with Crippen LogP contribution in [0.4, 0.5) is 0 Å². The van der Waals surface area contributed by atoms with Crippen LogP contribution in [0.3, 0.4) is 0 Å². The molecule has 4 heterocycles. The SMILES string of the molecule is COc1cc(-c2nccc(-c3cccc(-c4ccc(CNC5CCN(C(C)=O)CC5)c(OC)n4)c3Cl)c2Cl)ccc1CNC[C@@H]1CNC(=O)C1. The number of likely N-dealkylation sites (tertiary alicyclic amines) is 1. The Morgan fingerprint density at radius 1 is 0.960 bits per heavy atom. The number of ether oxygens (including phenoxy) is 2. The number of carbonyl (C=O) groups excluding carboxylic acids is 2. The van der Waals surface area contributed by atoms with Crippen molar-refractivity contribution < 1.29 is 19.1 Å². The molecule has 0 radical (unpaired) electrons. The lowest BCUT2D eigenvalue weighted by molar-refractivity contribution is -0.130. The molecule has 2 aromatic carbocycles. The average Bonchev–Trinajstić information content (AvgIpc) is 3.55. The van der Waals surface area contributed by atoms with Gasteiger partial charge < -0.3 is 30.3 Å². The summed E-state index contributed by atoms with van der Waals surface area (Å²) in [6.07, 6.45) is 4.10. The van der Waals surface area contributed by atoms with Crippen molar-refractivity contribution in [1.29, 1.82) is 0 Å². The van der Waals surface area contributed by atoms with E-state index in [0.29, 0.717) is 59.4 Å². The fourth-order valence-corrected chi connectivity index (χ4v) is 7.28. The predicted molar refractivity (Wildman–Crippen MR) is 196 cm³/mol. The molecule has 0 unspecified atom stereocenters. The van der Waals surface area contributed by atoms with Gasteiger partial charge in [-0.05, 0) is 37.0 Å². The molecule has 2 aliphatic rings. The molecule has 1 atom stereocenters. The number of halogens is 2. The summed E-state index contributed by atoms with van der Waals surface area (Å²) >= 11 is 14.2. The van der Waals surface area contributed by atoms with Gasteiger partial charge in [-0.1, -0.05) is 59.6 Å². The quantitative estimate of drug-likeness (QED) is 0.160. The number of pyridine rings is 2. The van der Waals surface area contributed by atoms with Crippen molar-refractivity contribution in [2.75, 3.05) is 40.4 Å². The van der Waals surface area contributed by atoms with Crippen molar-refractivity contribution in [2.24, 2.45) is 5.92 Å². The van der Waals surface area contributed by atoms with E-state index in [4.69, 9.17) is 37.7 Å². The molecule has 2 saturated heterocycles. The highest BCUT2D eigenvalue weighted by Gasteiger charge is 2.23. The molecule has 2 aromatic heterocycles. The molecule has 2 aliphatic heterocycles. The topological polar surface area (TPSA) is 118 Å². The zero-order valence-electron chi connectivity index (χ0n) is 28.5. The van der Waals surface area contributed by atoms with Crippen LogP contribution in [-0.4, -0.2) is 73.1 Å². The van der Waals surface area contributed by atoms with E-state index in [1.807, 2.05) is 59.5 Å². The second kappa shape index (κ2) is 16.2. The van der Waals surface area contributed by atoms with E-state index in [0.717, 1.165) is 71.6 Å². The van der Waals surface area contributed by atoms with E-state index in [2.05, 4.69) is 20.9 Å². The van der Waals surface area contributed by atoms with Crippen LogP contribution in [0.1, 0.15) is 37.3 Å². The molecule has 6 rings (SSSR count). The van der Waals surface area contributed by atoms with Gasteiger partial charge in [-0.2, -0.15) is 0 Å². The van der Waals surface area contributed by atoms with E-state index >= 15 is 0 Å². The zero-order valence-corrected chi connectivity index (χ0v) is 30.0. The van der Waals surface area contributed by atoms with Gasteiger partial charge in [-0.25, -0.2) is 4.98 Å². The predicted octanol–water partition coefficient (Wildman–Crippen LogP) is 6.13. The van der Waals surface area contributed by atoms with Crippen molar-refractivity contribution in [3.05, 3.63) is 82.0 Å². The standard InChI is InChI=1S/C38H42Cl2N6O4/c1-23(47)46-15-12-28(13-16-46)43-22-27-9-10-32(45-38(27)50-3)31-6-4-5-29(35(31)39)30-11-14-42-37(36(30)40)25-7-8-26(33(18-25)49-2)21-41-19-24-17-34(48)44-20-24/h4-11,14,18,24,28,41,43H,12-13,15-17,19-22H2,1-3H3,(H,44,48)/t24-/m1/s1. The van der Waals surface area contributed by atoms with E-state index in [-0.39, 0.29) is 17.7 Å². The van der Waals surface area contributed by atoms with Crippen molar-refractivity contribution in [3.8, 4) is 45.3 Å². The second-order valence-electron chi connectivity index (χ2n) is 12.7. The molecule has 10 nitrogen and oxygen atoms in total. The van der Waals surface area contributed by atoms with Crippen molar-refractivity contribution >= 4 is 35.0 Å². The second-order valence-corrected chi connectivity index (χ2v) is 13.5. The monoisotopic (exact) mass is 716 g/mol. The highest BCUT2D eigenvalue weighted by Crippen LogP contribution is 2.42. The molecule has 3 N–H and O–H groups in total. The summed E-state index contributed by atoms with van der Waals surface area (Å²) in [7, 11) is 3.26. The molecular weight excluding hydrogens is 675 g/mol.